The highest BCUT2D eigenvalue weighted by Gasteiger charge is 2.41. The van der Waals surface area contributed by atoms with E-state index in [1.165, 1.54) is 0 Å². The van der Waals surface area contributed by atoms with E-state index in [0.717, 1.165) is 19.4 Å². The highest BCUT2D eigenvalue weighted by atomic mass is 35.5. The summed E-state index contributed by atoms with van der Waals surface area (Å²) in [5.41, 5.74) is 0. The maximum absolute atomic E-state index is 12.5. The van der Waals surface area contributed by atoms with E-state index >= 15 is 0 Å². The van der Waals surface area contributed by atoms with E-state index in [-0.39, 0.29) is 50.3 Å². The molecule has 0 aromatic carbocycles. The van der Waals surface area contributed by atoms with Gasteiger partial charge in [0.25, 0.3) is 0 Å². The Bertz CT molecular complexity index is 298. The van der Waals surface area contributed by atoms with Gasteiger partial charge in [-0.25, -0.2) is 0 Å². The van der Waals surface area contributed by atoms with E-state index in [2.05, 4.69) is 5.32 Å². The SMILES string of the molecule is Cl.O=C(CC1CCCN1)N1CCC(C(F)(F)F)CC1. The molecule has 7 heteroatoms. The molecule has 2 heterocycles. The fourth-order valence-corrected chi connectivity index (χ4v) is 2.73. The van der Waals surface area contributed by atoms with Crippen LogP contribution in [-0.2, 0) is 4.79 Å². The van der Waals surface area contributed by atoms with Gasteiger partial charge >= 0.3 is 6.18 Å². The lowest BCUT2D eigenvalue weighted by Crippen LogP contribution is -2.43. The third kappa shape index (κ3) is 4.53. The van der Waals surface area contributed by atoms with Crippen LogP contribution in [0.25, 0.3) is 0 Å². The van der Waals surface area contributed by atoms with Crippen LogP contribution in [0.2, 0.25) is 0 Å². The summed E-state index contributed by atoms with van der Waals surface area (Å²) in [5, 5.41) is 3.23. The van der Waals surface area contributed by atoms with Crippen LogP contribution in [0.3, 0.4) is 0 Å². The first-order valence-electron chi connectivity index (χ1n) is 6.54. The molecule has 0 aromatic rings. The van der Waals surface area contributed by atoms with Gasteiger partial charge in [-0.3, -0.25) is 4.79 Å². The summed E-state index contributed by atoms with van der Waals surface area (Å²) in [6.45, 7) is 1.43. The number of halogens is 4. The zero-order valence-corrected chi connectivity index (χ0v) is 11.5. The lowest BCUT2D eigenvalue weighted by Gasteiger charge is -2.33. The summed E-state index contributed by atoms with van der Waals surface area (Å²) in [7, 11) is 0. The molecular weight excluding hydrogens is 281 g/mol. The molecular formula is C12H20ClF3N2O. The number of rotatable bonds is 2. The minimum Gasteiger partial charge on any atom is -0.343 e. The van der Waals surface area contributed by atoms with Gasteiger partial charge in [0, 0.05) is 25.6 Å². The van der Waals surface area contributed by atoms with Gasteiger partial charge < -0.3 is 10.2 Å². The minimum absolute atomic E-state index is 0. The first-order chi connectivity index (χ1) is 8.47. The van der Waals surface area contributed by atoms with Gasteiger partial charge in [-0.1, -0.05) is 0 Å². The van der Waals surface area contributed by atoms with Crippen LogP contribution >= 0.6 is 12.4 Å². The molecule has 0 saturated carbocycles. The number of hydrogen-bond acceptors (Lipinski definition) is 2. The van der Waals surface area contributed by atoms with Crippen molar-refractivity contribution in [3.05, 3.63) is 0 Å². The molecule has 0 spiro atoms. The Kier molecular flexibility index (Phi) is 5.92. The van der Waals surface area contributed by atoms with Crippen molar-refractivity contribution in [2.75, 3.05) is 19.6 Å². The Morgan fingerprint density at radius 3 is 2.32 bits per heavy atom. The first-order valence-corrected chi connectivity index (χ1v) is 6.54. The normalized spacial score (nSPS) is 25.2. The van der Waals surface area contributed by atoms with E-state index in [9.17, 15) is 18.0 Å². The molecule has 1 N–H and O–H groups in total. The molecule has 3 nitrogen and oxygen atoms in total. The molecule has 2 fully saturated rings. The quantitative estimate of drug-likeness (QED) is 0.849. The van der Waals surface area contributed by atoms with Crippen molar-refractivity contribution in [1.82, 2.24) is 10.2 Å². The van der Waals surface area contributed by atoms with Gasteiger partial charge in [0.2, 0.25) is 5.91 Å². The second kappa shape index (κ2) is 6.79. The smallest absolute Gasteiger partial charge is 0.343 e. The molecule has 2 saturated heterocycles. The second-order valence-electron chi connectivity index (χ2n) is 5.19. The van der Waals surface area contributed by atoms with E-state index in [1.807, 2.05) is 0 Å². The number of piperidine rings is 1. The zero-order valence-electron chi connectivity index (χ0n) is 10.7. The average Bonchev–Trinajstić information content (AvgIpc) is 2.81. The molecule has 1 unspecified atom stereocenters. The summed E-state index contributed by atoms with van der Waals surface area (Å²) in [5.74, 6) is -1.24. The number of nitrogens with one attached hydrogen (secondary N) is 1. The number of likely N-dealkylation sites (tertiary alicyclic amines) is 1. The van der Waals surface area contributed by atoms with Crippen LogP contribution in [0.5, 0.6) is 0 Å². The van der Waals surface area contributed by atoms with E-state index in [1.54, 1.807) is 4.90 Å². The number of hydrogen-bond donors (Lipinski definition) is 1. The Morgan fingerprint density at radius 2 is 1.84 bits per heavy atom. The van der Waals surface area contributed by atoms with Gasteiger partial charge in [0.05, 0.1) is 5.92 Å². The molecule has 19 heavy (non-hydrogen) atoms. The van der Waals surface area contributed by atoms with Gasteiger partial charge in [0.1, 0.15) is 0 Å². The minimum atomic E-state index is -4.11. The third-order valence-electron chi connectivity index (χ3n) is 3.89. The Labute approximate surface area is 117 Å². The van der Waals surface area contributed by atoms with Crippen molar-refractivity contribution >= 4 is 18.3 Å². The number of nitrogens with zero attached hydrogens (tertiary/aromatic N) is 1. The van der Waals surface area contributed by atoms with Crippen molar-refractivity contribution in [1.29, 1.82) is 0 Å². The zero-order chi connectivity index (χ0) is 13.2. The maximum atomic E-state index is 12.5. The molecule has 2 aliphatic rings. The van der Waals surface area contributed by atoms with Crippen molar-refractivity contribution in [3.8, 4) is 0 Å². The van der Waals surface area contributed by atoms with Crippen LogP contribution in [0.1, 0.15) is 32.1 Å². The van der Waals surface area contributed by atoms with Gasteiger partial charge in [-0.2, -0.15) is 13.2 Å². The second-order valence-corrected chi connectivity index (χ2v) is 5.19. The van der Waals surface area contributed by atoms with Crippen LogP contribution in [0.15, 0.2) is 0 Å². The fourth-order valence-electron chi connectivity index (χ4n) is 2.73. The van der Waals surface area contributed by atoms with Gasteiger partial charge in [0.15, 0.2) is 0 Å². The van der Waals surface area contributed by atoms with Crippen LogP contribution in [0.4, 0.5) is 13.2 Å². The first kappa shape index (κ1) is 16.6. The molecule has 1 amide bonds. The number of amides is 1. The van der Waals surface area contributed by atoms with Crippen LogP contribution in [-0.4, -0.2) is 42.7 Å². The molecule has 0 aromatic heterocycles. The monoisotopic (exact) mass is 300 g/mol. The van der Waals surface area contributed by atoms with Crippen LogP contribution < -0.4 is 5.32 Å². The standard InChI is InChI=1S/C12H19F3N2O.ClH/c13-12(14,15)9-3-6-17(7-4-9)11(18)8-10-2-1-5-16-10;/h9-10,16H,1-8H2;1H. The summed E-state index contributed by atoms with van der Waals surface area (Å²) in [6, 6.07) is 0.220. The number of alkyl halides is 3. The molecule has 2 rings (SSSR count). The summed E-state index contributed by atoms with van der Waals surface area (Å²) in [4.78, 5) is 13.5. The third-order valence-corrected chi connectivity index (χ3v) is 3.89. The summed E-state index contributed by atoms with van der Waals surface area (Å²) >= 11 is 0. The predicted molar refractivity (Wildman–Crippen MR) is 68.2 cm³/mol. The molecule has 1 atom stereocenters. The fraction of sp³-hybridized carbons (Fsp3) is 0.917. The van der Waals surface area contributed by atoms with Gasteiger partial charge in [-0.05, 0) is 32.2 Å². The maximum Gasteiger partial charge on any atom is 0.391 e. The van der Waals surface area contributed by atoms with Crippen LogP contribution in [0, 0.1) is 5.92 Å². The Balaban J connectivity index is 0.00000180. The van der Waals surface area contributed by atoms with E-state index in [4.69, 9.17) is 0 Å². The van der Waals surface area contributed by atoms with Crippen molar-refractivity contribution in [2.24, 2.45) is 5.92 Å². The Morgan fingerprint density at radius 1 is 1.21 bits per heavy atom. The van der Waals surface area contributed by atoms with Crippen molar-refractivity contribution < 1.29 is 18.0 Å². The Hall–Kier alpha value is -0.490. The number of carbonyl (C=O) groups is 1. The average molecular weight is 301 g/mol. The molecule has 2 aliphatic heterocycles. The van der Waals surface area contributed by atoms with Crippen molar-refractivity contribution in [3.63, 3.8) is 0 Å². The lowest BCUT2D eigenvalue weighted by atomic mass is 9.96. The summed E-state index contributed by atoms with van der Waals surface area (Å²) in [6.07, 6.45) is -1.52. The molecule has 0 radical (unpaired) electrons. The topological polar surface area (TPSA) is 32.3 Å². The van der Waals surface area contributed by atoms with E-state index in [0.29, 0.717) is 6.42 Å². The van der Waals surface area contributed by atoms with Gasteiger partial charge in [-0.15, -0.1) is 12.4 Å². The largest absolute Gasteiger partial charge is 0.391 e. The van der Waals surface area contributed by atoms with E-state index < -0.39 is 12.1 Å². The highest BCUT2D eigenvalue weighted by Crippen LogP contribution is 2.34. The van der Waals surface area contributed by atoms with Crippen molar-refractivity contribution in [2.45, 2.75) is 44.3 Å². The molecule has 0 aliphatic carbocycles. The summed E-state index contributed by atoms with van der Waals surface area (Å²) < 4.78 is 37.5. The lowest BCUT2D eigenvalue weighted by molar-refractivity contribution is -0.186. The molecule has 0 bridgehead atoms. The highest BCUT2D eigenvalue weighted by molar-refractivity contribution is 5.85. The number of carbonyl (C=O) groups excluding carboxylic acids is 1. The molecule has 112 valence electrons. The predicted octanol–water partition coefficient (Wildman–Crippen LogP) is 2.35.